The van der Waals surface area contributed by atoms with Crippen molar-refractivity contribution in [2.24, 2.45) is 0 Å². The summed E-state index contributed by atoms with van der Waals surface area (Å²) in [5.74, 6) is -0.0878. The number of carbonyl (C=O) groups is 1. The molecule has 7 heteroatoms. The predicted molar refractivity (Wildman–Crippen MR) is 86.8 cm³/mol. The molecular formula is C15H16N2O3S2. The molecule has 0 aliphatic carbocycles. The normalized spacial score (nSPS) is 20.0. The SMILES string of the molecule is Cc1nc(-c2cccs2)ccc1C(=O)N[C@@H]1CCS(=O)(=O)C1. The monoisotopic (exact) mass is 336 g/mol. The fraction of sp³-hybridized carbons (Fsp3) is 0.333. The summed E-state index contributed by atoms with van der Waals surface area (Å²) in [7, 11) is -3.00. The van der Waals surface area contributed by atoms with Gasteiger partial charge in [0.05, 0.1) is 33.3 Å². The third-order valence-corrected chi connectivity index (χ3v) is 6.33. The van der Waals surface area contributed by atoms with E-state index in [1.807, 2.05) is 23.6 Å². The smallest absolute Gasteiger partial charge is 0.253 e. The van der Waals surface area contributed by atoms with Crippen molar-refractivity contribution in [2.45, 2.75) is 19.4 Å². The second-order valence-corrected chi connectivity index (χ2v) is 8.56. The summed E-state index contributed by atoms with van der Waals surface area (Å²) in [6.07, 6.45) is 0.480. The first-order chi connectivity index (χ1) is 10.4. The standard InChI is InChI=1S/C15H16N2O3S2/c1-10-12(4-5-13(16-10)14-3-2-7-21-14)15(18)17-11-6-8-22(19,20)9-11/h2-5,7,11H,6,8-9H2,1H3,(H,17,18)/t11-/m1/s1. The Morgan fingerprint density at radius 3 is 2.77 bits per heavy atom. The maximum atomic E-state index is 12.3. The summed E-state index contributed by atoms with van der Waals surface area (Å²) in [6, 6.07) is 7.21. The largest absolute Gasteiger partial charge is 0.348 e. The van der Waals surface area contributed by atoms with Crippen LogP contribution in [0.5, 0.6) is 0 Å². The van der Waals surface area contributed by atoms with Crippen LogP contribution in [0.2, 0.25) is 0 Å². The molecule has 1 saturated heterocycles. The molecule has 3 rings (SSSR count). The molecule has 3 heterocycles. The van der Waals surface area contributed by atoms with Crippen molar-refractivity contribution < 1.29 is 13.2 Å². The number of aryl methyl sites for hydroxylation is 1. The Bertz CT molecular complexity index is 798. The highest BCUT2D eigenvalue weighted by atomic mass is 32.2. The van der Waals surface area contributed by atoms with Crippen LogP contribution in [0, 0.1) is 6.92 Å². The molecule has 1 amide bonds. The number of amides is 1. The van der Waals surface area contributed by atoms with Gasteiger partial charge in [-0.2, -0.15) is 0 Å². The van der Waals surface area contributed by atoms with Crippen LogP contribution >= 0.6 is 11.3 Å². The highest BCUT2D eigenvalue weighted by molar-refractivity contribution is 7.91. The van der Waals surface area contributed by atoms with Crippen LogP contribution in [0.1, 0.15) is 22.5 Å². The Kier molecular flexibility index (Phi) is 4.01. The summed E-state index contributed by atoms with van der Waals surface area (Å²) >= 11 is 1.60. The zero-order valence-corrected chi connectivity index (χ0v) is 13.7. The van der Waals surface area contributed by atoms with Crippen molar-refractivity contribution in [1.29, 1.82) is 0 Å². The number of nitrogens with one attached hydrogen (secondary N) is 1. The van der Waals surface area contributed by atoms with Crippen LogP contribution in [0.4, 0.5) is 0 Å². The van der Waals surface area contributed by atoms with E-state index in [0.717, 1.165) is 10.6 Å². The first-order valence-corrected chi connectivity index (χ1v) is 9.67. The predicted octanol–water partition coefficient (Wildman–Crippen LogP) is 2.04. The second-order valence-electron chi connectivity index (χ2n) is 5.38. The average molecular weight is 336 g/mol. The zero-order valence-electron chi connectivity index (χ0n) is 12.1. The van der Waals surface area contributed by atoms with E-state index in [2.05, 4.69) is 10.3 Å². The molecule has 1 aliphatic heterocycles. The molecule has 116 valence electrons. The molecule has 22 heavy (non-hydrogen) atoms. The van der Waals surface area contributed by atoms with Gasteiger partial charge in [0.25, 0.3) is 5.91 Å². The van der Waals surface area contributed by atoms with Crippen molar-refractivity contribution in [3.05, 3.63) is 40.9 Å². The van der Waals surface area contributed by atoms with Gasteiger partial charge in [0, 0.05) is 6.04 Å². The molecule has 2 aromatic heterocycles. The van der Waals surface area contributed by atoms with Gasteiger partial charge in [-0.3, -0.25) is 9.78 Å². The van der Waals surface area contributed by atoms with E-state index in [4.69, 9.17) is 0 Å². The zero-order chi connectivity index (χ0) is 15.7. The van der Waals surface area contributed by atoms with Crippen molar-refractivity contribution in [2.75, 3.05) is 11.5 Å². The number of rotatable bonds is 3. The number of pyridine rings is 1. The minimum Gasteiger partial charge on any atom is -0.348 e. The minimum absolute atomic E-state index is 0.0263. The summed E-state index contributed by atoms with van der Waals surface area (Å²) < 4.78 is 22.9. The van der Waals surface area contributed by atoms with Crippen LogP contribution in [0.25, 0.3) is 10.6 Å². The van der Waals surface area contributed by atoms with Gasteiger partial charge in [-0.25, -0.2) is 8.42 Å². The molecule has 0 saturated carbocycles. The van der Waals surface area contributed by atoms with Gasteiger partial charge in [-0.05, 0) is 36.9 Å². The summed E-state index contributed by atoms with van der Waals surface area (Å²) in [4.78, 5) is 17.8. The average Bonchev–Trinajstić information content (AvgIpc) is 3.08. The lowest BCUT2D eigenvalue weighted by atomic mass is 10.1. The lowest BCUT2D eigenvalue weighted by Gasteiger charge is -2.12. The Balaban J connectivity index is 1.76. The van der Waals surface area contributed by atoms with Crippen molar-refractivity contribution in [1.82, 2.24) is 10.3 Å². The first-order valence-electron chi connectivity index (χ1n) is 6.97. The van der Waals surface area contributed by atoms with E-state index in [9.17, 15) is 13.2 Å². The van der Waals surface area contributed by atoms with E-state index in [1.54, 1.807) is 24.3 Å². The quantitative estimate of drug-likeness (QED) is 0.930. The van der Waals surface area contributed by atoms with Gasteiger partial charge in [-0.15, -0.1) is 11.3 Å². The third-order valence-electron chi connectivity index (χ3n) is 3.67. The van der Waals surface area contributed by atoms with E-state index in [0.29, 0.717) is 17.7 Å². The number of hydrogen-bond donors (Lipinski definition) is 1. The van der Waals surface area contributed by atoms with Gasteiger partial charge in [0.2, 0.25) is 0 Å². The fourth-order valence-corrected chi connectivity index (χ4v) is 4.90. The molecule has 0 aromatic carbocycles. The lowest BCUT2D eigenvalue weighted by Crippen LogP contribution is -2.36. The third kappa shape index (κ3) is 3.20. The Morgan fingerprint density at radius 1 is 1.36 bits per heavy atom. The highest BCUT2D eigenvalue weighted by Crippen LogP contribution is 2.24. The molecule has 1 atom stereocenters. The van der Waals surface area contributed by atoms with Crippen LogP contribution in [0.15, 0.2) is 29.6 Å². The molecule has 0 radical (unpaired) electrons. The van der Waals surface area contributed by atoms with E-state index >= 15 is 0 Å². The molecular weight excluding hydrogens is 320 g/mol. The number of hydrogen-bond acceptors (Lipinski definition) is 5. The fourth-order valence-electron chi connectivity index (χ4n) is 2.53. The van der Waals surface area contributed by atoms with Crippen molar-refractivity contribution >= 4 is 27.1 Å². The van der Waals surface area contributed by atoms with Gasteiger partial charge < -0.3 is 5.32 Å². The molecule has 2 aromatic rings. The Hall–Kier alpha value is -1.73. The molecule has 1 fully saturated rings. The summed E-state index contributed by atoms with van der Waals surface area (Å²) in [6.45, 7) is 1.79. The topological polar surface area (TPSA) is 76.1 Å². The molecule has 5 nitrogen and oxygen atoms in total. The molecule has 0 bridgehead atoms. The van der Waals surface area contributed by atoms with Crippen LogP contribution in [-0.4, -0.2) is 36.9 Å². The molecule has 1 N–H and O–H groups in total. The highest BCUT2D eigenvalue weighted by Gasteiger charge is 2.29. The van der Waals surface area contributed by atoms with Gasteiger partial charge in [-0.1, -0.05) is 6.07 Å². The number of sulfone groups is 1. The first kappa shape index (κ1) is 15.2. The Labute approximate surface area is 133 Å². The minimum atomic E-state index is -3.00. The van der Waals surface area contributed by atoms with Crippen LogP contribution < -0.4 is 5.32 Å². The maximum Gasteiger partial charge on any atom is 0.253 e. The molecule has 0 spiro atoms. The van der Waals surface area contributed by atoms with Gasteiger partial charge in [0.1, 0.15) is 0 Å². The molecule has 0 unspecified atom stereocenters. The van der Waals surface area contributed by atoms with Crippen LogP contribution in [0.3, 0.4) is 0 Å². The maximum absolute atomic E-state index is 12.3. The number of nitrogens with zero attached hydrogens (tertiary/aromatic N) is 1. The van der Waals surface area contributed by atoms with Gasteiger partial charge >= 0.3 is 0 Å². The summed E-state index contributed by atoms with van der Waals surface area (Å²) in [5, 5.41) is 4.77. The Morgan fingerprint density at radius 2 is 2.18 bits per heavy atom. The second kappa shape index (κ2) is 5.81. The molecule has 1 aliphatic rings. The van der Waals surface area contributed by atoms with Crippen molar-refractivity contribution in [3.63, 3.8) is 0 Å². The van der Waals surface area contributed by atoms with Gasteiger partial charge in [0.15, 0.2) is 9.84 Å². The van der Waals surface area contributed by atoms with E-state index in [-0.39, 0.29) is 23.5 Å². The lowest BCUT2D eigenvalue weighted by molar-refractivity contribution is 0.0940. The van der Waals surface area contributed by atoms with Crippen LogP contribution in [-0.2, 0) is 9.84 Å². The van der Waals surface area contributed by atoms with E-state index < -0.39 is 9.84 Å². The van der Waals surface area contributed by atoms with E-state index in [1.165, 1.54) is 0 Å². The van der Waals surface area contributed by atoms with Crippen molar-refractivity contribution in [3.8, 4) is 10.6 Å². The number of aromatic nitrogens is 1. The number of carbonyl (C=O) groups excluding carboxylic acids is 1. The summed E-state index contributed by atoms with van der Waals surface area (Å²) in [5.41, 5.74) is 1.97. The number of thiophene rings is 1.